The van der Waals surface area contributed by atoms with Gasteiger partial charge in [-0.2, -0.15) is 13.2 Å². The first-order valence-corrected chi connectivity index (χ1v) is 9.52. The number of carbonyl (C=O) groups excluding carboxylic acids is 1. The molecule has 1 heterocycles. The Morgan fingerprint density at radius 1 is 0.968 bits per heavy atom. The molecule has 2 aromatic carbocycles. The maximum atomic E-state index is 12.6. The molecule has 0 spiro atoms. The monoisotopic (exact) mass is 429 g/mol. The van der Waals surface area contributed by atoms with Gasteiger partial charge in [0.15, 0.2) is 0 Å². The van der Waals surface area contributed by atoms with Crippen LogP contribution in [0.2, 0.25) is 0 Å². The second-order valence-corrected chi connectivity index (χ2v) is 7.25. The second-order valence-electron chi connectivity index (χ2n) is 7.25. The molecule has 0 saturated heterocycles. The Hall–Kier alpha value is -3.39. The third kappa shape index (κ3) is 6.55. The van der Waals surface area contributed by atoms with Gasteiger partial charge in [-0.05, 0) is 55.6 Å². The van der Waals surface area contributed by atoms with Gasteiger partial charge in [-0.25, -0.2) is 4.98 Å². The molecule has 0 aliphatic carbocycles. The molecule has 3 aromatic rings. The number of nitrogens with zero attached hydrogens (tertiary/aromatic N) is 2. The third-order valence-corrected chi connectivity index (χ3v) is 4.38. The third-order valence-electron chi connectivity index (χ3n) is 4.38. The first kappa shape index (κ1) is 22.3. The molecule has 1 amide bonds. The summed E-state index contributed by atoms with van der Waals surface area (Å²) in [6, 6.07) is 16.3. The van der Waals surface area contributed by atoms with E-state index in [4.69, 9.17) is 4.74 Å². The molecule has 0 radical (unpaired) electrons. The summed E-state index contributed by atoms with van der Waals surface area (Å²) in [5.41, 5.74) is 1.78. The van der Waals surface area contributed by atoms with Gasteiger partial charge in [-0.1, -0.05) is 24.3 Å². The van der Waals surface area contributed by atoms with Crippen LogP contribution in [0.4, 0.5) is 13.2 Å². The van der Waals surface area contributed by atoms with Crippen LogP contribution in [-0.2, 0) is 19.3 Å². The zero-order valence-electron chi connectivity index (χ0n) is 17.1. The van der Waals surface area contributed by atoms with E-state index < -0.39 is 11.7 Å². The topological polar surface area (TPSA) is 54.5 Å². The van der Waals surface area contributed by atoms with Crippen molar-refractivity contribution in [3.05, 3.63) is 89.1 Å². The molecule has 1 aromatic heterocycles. The zero-order chi connectivity index (χ0) is 22.4. The summed E-state index contributed by atoms with van der Waals surface area (Å²) in [7, 11) is 4.01. The van der Waals surface area contributed by atoms with Crippen molar-refractivity contribution in [3.8, 4) is 11.6 Å². The number of aromatic nitrogens is 1. The van der Waals surface area contributed by atoms with Crippen LogP contribution in [0.1, 0.15) is 27.0 Å². The lowest BCUT2D eigenvalue weighted by atomic mass is 10.1. The molecular weight excluding hydrogens is 407 g/mol. The van der Waals surface area contributed by atoms with Gasteiger partial charge in [0.25, 0.3) is 5.91 Å². The first-order valence-electron chi connectivity index (χ1n) is 9.52. The van der Waals surface area contributed by atoms with E-state index >= 15 is 0 Å². The Bertz CT molecular complexity index is 1000. The van der Waals surface area contributed by atoms with Crippen molar-refractivity contribution in [1.82, 2.24) is 15.2 Å². The number of ether oxygens (including phenoxy) is 1. The maximum absolute atomic E-state index is 12.6. The number of hydrogen-bond donors (Lipinski definition) is 1. The van der Waals surface area contributed by atoms with Crippen LogP contribution in [0.25, 0.3) is 0 Å². The lowest BCUT2D eigenvalue weighted by molar-refractivity contribution is -0.137. The van der Waals surface area contributed by atoms with Gasteiger partial charge in [0.1, 0.15) is 5.75 Å². The van der Waals surface area contributed by atoms with Crippen molar-refractivity contribution in [3.63, 3.8) is 0 Å². The largest absolute Gasteiger partial charge is 0.439 e. The highest BCUT2D eigenvalue weighted by molar-refractivity contribution is 5.94. The average molecular weight is 429 g/mol. The molecule has 162 valence electrons. The highest BCUT2D eigenvalue weighted by Crippen LogP contribution is 2.30. The van der Waals surface area contributed by atoms with Crippen molar-refractivity contribution < 1.29 is 22.7 Å². The molecule has 0 aliphatic rings. The van der Waals surface area contributed by atoms with Crippen LogP contribution in [0, 0.1) is 0 Å². The summed E-state index contributed by atoms with van der Waals surface area (Å²) in [6.07, 6.45) is -3.74. The van der Waals surface area contributed by atoms with Crippen molar-refractivity contribution in [2.45, 2.75) is 19.3 Å². The standard InChI is InChI=1S/C23H22F3N3O2/c1-29(2)15-17-5-3-16(4-6-17)13-28-22(30)18-7-10-20(11-8-18)31-21-12-9-19(14-27-21)23(24,25)26/h3-12,14H,13,15H2,1-2H3,(H,28,30). The quantitative estimate of drug-likeness (QED) is 0.581. The number of amides is 1. The minimum Gasteiger partial charge on any atom is -0.439 e. The van der Waals surface area contributed by atoms with Gasteiger partial charge < -0.3 is 15.0 Å². The number of benzene rings is 2. The van der Waals surface area contributed by atoms with Crippen LogP contribution in [0.15, 0.2) is 66.9 Å². The fourth-order valence-corrected chi connectivity index (χ4v) is 2.82. The van der Waals surface area contributed by atoms with Gasteiger partial charge in [0.05, 0.1) is 5.56 Å². The van der Waals surface area contributed by atoms with Crippen molar-refractivity contribution in [2.75, 3.05) is 14.1 Å². The van der Waals surface area contributed by atoms with Crippen molar-refractivity contribution in [1.29, 1.82) is 0 Å². The summed E-state index contributed by atoms with van der Waals surface area (Å²) in [6.45, 7) is 1.25. The summed E-state index contributed by atoms with van der Waals surface area (Å²) < 4.78 is 43.2. The number of hydrogen-bond acceptors (Lipinski definition) is 4. The molecule has 0 saturated carbocycles. The fourth-order valence-electron chi connectivity index (χ4n) is 2.82. The molecule has 0 bridgehead atoms. The number of halogens is 3. The number of pyridine rings is 1. The second kappa shape index (κ2) is 9.61. The van der Waals surface area contributed by atoms with E-state index in [2.05, 4.69) is 15.2 Å². The Morgan fingerprint density at radius 2 is 1.61 bits per heavy atom. The lowest BCUT2D eigenvalue weighted by Gasteiger charge is -2.11. The van der Waals surface area contributed by atoms with Gasteiger partial charge >= 0.3 is 6.18 Å². The normalized spacial score (nSPS) is 11.4. The predicted molar refractivity (Wildman–Crippen MR) is 111 cm³/mol. The summed E-state index contributed by atoms with van der Waals surface area (Å²) in [5.74, 6) is 0.153. The minimum absolute atomic E-state index is 0.0305. The average Bonchev–Trinajstić information content (AvgIpc) is 2.73. The molecule has 3 rings (SSSR count). The van der Waals surface area contributed by atoms with Gasteiger partial charge in [0.2, 0.25) is 5.88 Å². The van der Waals surface area contributed by atoms with E-state index in [0.29, 0.717) is 24.1 Å². The van der Waals surface area contributed by atoms with E-state index in [0.717, 1.165) is 24.2 Å². The highest BCUT2D eigenvalue weighted by Gasteiger charge is 2.30. The molecule has 1 N–H and O–H groups in total. The number of rotatable bonds is 7. The van der Waals surface area contributed by atoms with Crippen LogP contribution in [-0.4, -0.2) is 29.9 Å². The number of carbonyl (C=O) groups is 1. The molecule has 0 atom stereocenters. The number of nitrogens with one attached hydrogen (secondary N) is 1. The Kier molecular flexibility index (Phi) is 6.91. The van der Waals surface area contributed by atoms with Crippen LogP contribution in [0.5, 0.6) is 11.6 Å². The van der Waals surface area contributed by atoms with Crippen LogP contribution in [0.3, 0.4) is 0 Å². The molecular formula is C23H22F3N3O2. The van der Waals surface area contributed by atoms with Gasteiger partial charge in [-0.3, -0.25) is 4.79 Å². The van der Waals surface area contributed by atoms with Gasteiger partial charge in [-0.15, -0.1) is 0 Å². The van der Waals surface area contributed by atoms with Crippen molar-refractivity contribution in [2.24, 2.45) is 0 Å². The minimum atomic E-state index is -4.45. The lowest BCUT2D eigenvalue weighted by Crippen LogP contribution is -2.22. The predicted octanol–water partition coefficient (Wildman–Crippen LogP) is 4.88. The van der Waals surface area contributed by atoms with Crippen LogP contribution < -0.4 is 10.1 Å². The zero-order valence-corrected chi connectivity index (χ0v) is 17.1. The summed E-state index contributed by atoms with van der Waals surface area (Å²) in [5, 5.41) is 2.86. The van der Waals surface area contributed by atoms with Crippen molar-refractivity contribution >= 4 is 5.91 Å². The highest BCUT2D eigenvalue weighted by atomic mass is 19.4. The Balaban J connectivity index is 1.54. The van der Waals surface area contributed by atoms with E-state index in [-0.39, 0.29) is 11.8 Å². The van der Waals surface area contributed by atoms with Gasteiger partial charge in [0, 0.05) is 30.9 Å². The summed E-state index contributed by atoms with van der Waals surface area (Å²) >= 11 is 0. The molecule has 5 nitrogen and oxygen atoms in total. The molecule has 8 heteroatoms. The Labute approximate surface area is 178 Å². The maximum Gasteiger partial charge on any atom is 0.417 e. The Morgan fingerprint density at radius 3 is 2.16 bits per heavy atom. The SMILES string of the molecule is CN(C)Cc1ccc(CNC(=O)c2ccc(Oc3ccc(C(F)(F)F)cn3)cc2)cc1. The van der Waals surface area contributed by atoms with E-state index in [1.807, 2.05) is 38.4 Å². The fraction of sp³-hybridized carbons (Fsp3) is 0.217. The summed E-state index contributed by atoms with van der Waals surface area (Å²) in [4.78, 5) is 18.1. The van der Waals surface area contributed by atoms with E-state index in [9.17, 15) is 18.0 Å². The molecule has 0 fully saturated rings. The molecule has 0 unspecified atom stereocenters. The number of alkyl halides is 3. The molecule has 31 heavy (non-hydrogen) atoms. The first-order chi connectivity index (χ1) is 14.7. The van der Waals surface area contributed by atoms with E-state index in [1.165, 1.54) is 5.56 Å². The smallest absolute Gasteiger partial charge is 0.417 e. The van der Waals surface area contributed by atoms with E-state index in [1.54, 1.807) is 24.3 Å². The molecule has 0 aliphatic heterocycles. The van der Waals surface area contributed by atoms with Crippen LogP contribution >= 0.6 is 0 Å².